The van der Waals surface area contributed by atoms with E-state index in [0.717, 1.165) is 0 Å². The lowest BCUT2D eigenvalue weighted by Gasteiger charge is -2.22. The van der Waals surface area contributed by atoms with Crippen molar-refractivity contribution in [2.45, 2.75) is 25.4 Å². The van der Waals surface area contributed by atoms with Gasteiger partial charge in [-0.05, 0) is 31.4 Å². The summed E-state index contributed by atoms with van der Waals surface area (Å²) in [5.74, 6) is 4.31. The monoisotopic (exact) mass is 505 g/mol. The van der Waals surface area contributed by atoms with Gasteiger partial charge in [0.05, 0.1) is 40.7 Å². The van der Waals surface area contributed by atoms with E-state index in [1.807, 2.05) is 0 Å². The number of carbonyl (C=O) groups is 1. The largest absolute Gasteiger partial charge is 0.383 e. The van der Waals surface area contributed by atoms with Gasteiger partial charge in [0.25, 0.3) is 0 Å². The maximum atomic E-state index is 15.2. The fraction of sp³-hybridized carbons (Fsp3) is 0.308. The minimum Gasteiger partial charge on any atom is -0.383 e. The van der Waals surface area contributed by atoms with Crippen LogP contribution >= 0.6 is 0 Å². The zero-order valence-electron chi connectivity index (χ0n) is 20.6. The van der Waals surface area contributed by atoms with Gasteiger partial charge in [-0.1, -0.05) is 12.5 Å². The molecule has 0 unspecified atom stereocenters. The lowest BCUT2D eigenvalue weighted by Crippen LogP contribution is -2.37. The predicted molar refractivity (Wildman–Crippen MR) is 135 cm³/mol. The number of nitrogens with two attached hydrogens (primary N) is 1. The van der Waals surface area contributed by atoms with Crippen LogP contribution < -0.4 is 5.73 Å². The lowest BCUT2D eigenvalue weighted by atomic mass is 10.1. The van der Waals surface area contributed by atoms with E-state index in [-0.39, 0.29) is 35.0 Å². The zero-order chi connectivity index (χ0) is 26.4. The second-order valence-electron chi connectivity index (χ2n) is 8.96. The van der Waals surface area contributed by atoms with Gasteiger partial charge < -0.3 is 19.9 Å². The van der Waals surface area contributed by atoms with Crippen LogP contribution in [0.25, 0.3) is 21.9 Å². The molecule has 0 spiro atoms. The van der Waals surface area contributed by atoms with Crippen LogP contribution in [0, 0.1) is 30.4 Å². The number of anilines is 1. The summed E-state index contributed by atoms with van der Waals surface area (Å²) in [7, 11) is 3.27. The first-order valence-electron chi connectivity index (χ1n) is 11.6. The summed E-state index contributed by atoms with van der Waals surface area (Å²) in [6, 6.07) is 2.60. The van der Waals surface area contributed by atoms with Crippen molar-refractivity contribution in [3.63, 3.8) is 0 Å². The molecule has 9 nitrogen and oxygen atoms in total. The lowest BCUT2D eigenvalue weighted by molar-refractivity contribution is -0.127. The van der Waals surface area contributed by atoms with Crippen LogP contribution in [-0.2, 0) is 16.6 Å². The highest BCUT2D eigenvalue weighted by atomic mass is 19.1. The van der Waals surface area contributed by atoms with E-state index in [4.69, 9.17) is 10.5 Å². The van der Waals surface area contributed by atoms with Crippen molar-refractivity contribution in [1.29, 1.82) is 0 Å². The molecule has 2 atom stereocenters. The highest BCUT2D eigenvalue weighted by Gasteiger charge is 2.36. The summed E-state index contributed by atoms with van der Waals surface area (Å²) >= 11 is 0. The Morgan fingerprint density at radius 2 is 2.14 bits per heavy atom. The summed E-state index contributed by atoms with van der Waals surface area (Å²) in [5.41, 5.74) is 7.04. The van der Waals surface area contributed by atoms with Gasteiger partial charge in [-0.25, -0.2) is 18.7 Å². The molecule has 1 aliphatic rings. The van der Waals surface area contributed by atoms with Crippen LogP contribution in [-0.4, -0.2) is 61.4 Å². The number of amides is 1. The van der Waals surface area contributed by atoms with Crippen LogP contribution in [0.5, 0.6) is 0 Å². The number of aromatic nitrogens is 5. The summed E-state index contributed by atoms with van der Waals surface area (Å²) in [5, 5.41) is 5.13. The van der Waals surface area contributed by atoms with E-state index in [1.165, 1.54) is 12.1 Å². The van der Waals surface area contributed by atoms with Crippen molar-refractivity contribution in [2.24, 2.45) is 7.05 Å². The highest BCUT2D eigenvalue weighted by Crippen LogP contribution is 2.33. The molecule has 11 heteroatoms. The number of pyridine rings is 1. The predicted octanol–water partition coefficient (Wildman–Crippen LogP) is 2.86. The van der Waals surface area contributed by atoms with E-state index < -0.39 is 17.2 Å². The third kappa shape index (κ3) is 3.99. The van der Waals surface area contributed by atoms with Crippen LogP contribution in [0.1, 0.15) is 29.5 Å². The van der Waals surface area contributed by atoms with Crippen molar-refractivity contribution in [3.05, 3.63) is 59.7 Å². The Kier molecular flexibility index (Phi) is 6.13. The third-order valence-electron chi connectivity index (χ3n) is 6.80. The van der Waals surface area contributed by atoms with Crippen LogP contribution in [0.3, 0.4) is 0 Å². The molecule has 0 radical (unpaired) electrons. The van der Waals surface area contributed by atoms with E-state index in [9.17, 15) is 9.18 Å². The molecule has 1 fully saturated rings. The summed E-state index contributed by atoms with van der Waals surface area (Å²) < 4.78 is 38.7. The number of benzene rings is 1. The molecule has 1 aliphatic heterocycles. The van der Waals surface area contributed by atoms with Crippen molar-refractivity contribution < 1.29 is 18.3 Å². The number of halogens is 2. The molecule has 37 heavy (non-hydrogen) atoms. The normalized spacial score (nSPS) is 17.4. The van der Waals surface area contributed by atoms with E-state index in [0.29, 0.717) is 41.8 Å². The fourth-order valence-corrected chi connectivity index (χ4v) is 4.89. The molecule has 190 valence electrons. The second-order valence-corrected chi connectivity index (χ2v) is 8.96. The summed E-state index contributed by atoms with van der Waals surface area (Å²) in [6.07, 6.45) is 3.41. The van der Waals surface area contributed by atoms with E-state index in [2.05, 4.69) is 33.5 Å². The number of rotatable bonds is 4. The van der Waals surface area contributed by atoms with Crippen molar-refractivity contribution in [3.8, 4) is 11.8 Å². The number of carbonyl (C=O) groups excluding carboxylic acids is 1. The van der Waals surface area contributed by atoms with Gasteiger partial charge in [-0.2, -0.15) is 5.10 Å². The Morgan fingerprint density at radius 1 is 1.35 bits per heavy atom. The molecule has 4 aromatic rings. The first kappa shape index (κ1) is 24.4. The molecule has 5 rings (SSSR count). The fourth-order valence-electron chi connectivity index (χ4n) is 4.89. The van der Waals surface area contributed by atoms with Crippen LogP contribution in [0.15, 0.2) is 31.0 Å². The Balaban J connectivity index is 1.60. The number of aryl methyl sites for hydroxylation is 2. The van der Waals surface area contributed by atoms with Gasteiger partial charge in [-0.15, -0.1) is 0 Å². The molecular weight excluding hydrogens is 480 g/mol. The first-order valence-corrected chi connectivity index (χ1v) is 11.6. The van der Waals surface area contributed by atoms with Crippen molar-refractivity contribution in [1.82, 2.24) is 29.2 Å². The number of hydrogen-bond donors (Lipinski definition) is 1. The minimum absolute atomic E-state index is 0.0457. The number of methoxy groups -OCH3 is 1. The second kappa shape index (κ2) is 9.29. The number of likely N-dealkylation sites (tertiary alicyclic amines) is 1. The molecule has 1 saturated heterocycles. The maximum Gasteiger partial charge on any atom is 0.246 e. The Bertz CT molecular complexity index is 1630. The molecule has 1 amide bonds. The molecule has 4 heterocycles. The zero-order valence-corrected chi connectivity index (χ0v) is 20.6. The molecule has 3 aromatic heterocycles. The summed E-state index contributed by atoms with van der Waals surface area (Å²) in [6.45, 7) is 6.04. The number of hydrogen-bond acceptors (Lipinski definition) is 6. The molecule has 0 aliphatic carbocycles. The van der Waals surface area contributed by atoms with Gasteiger partial charge in [0.1, 0.15) is 28.7 Å². The number of fused-ring (bicyclic) bond motifs is 2. The molecule has 2 N–H and O–H groups in total. The van der Waals surface area contributed by atoms with Crippen LogP contribution in [0.4, 0.5) is 14.6 Å². The number of nitrogens with zero attached hydrogens (tertiary/aromatic N) is 6. The Morgan fingerprint density at radius 3 is 2.86 bits per heavy atom. The molecule has 0 bridgehead atoms. The quantitative estimate of drug-likeness (QED) is 0.338. The van der Waals surface area contributed by atoms with Crippen LogP contribution in [0.2, 0.25) is 0 Å². The van der Waals surface area contributed by atoms with Gasteiger partial charge in [0, 0.05) is 33.0 Å². The standard InChI is InChI=1S/C26H25F2N7O2/c1-5-22(36)34-12-15(10-16(34)13-37-4)35-20-8-9-30-26(29)23(20)19(32-35)7-6-17-18(27)11-21-25(24(17)28)31-14(2)33(21)3/h5,8-9,11,15-16H,1,10,12-13H2,2-4H3,(H2,29,30)/t15-,16+/m0/s1. The average molecular weight is 506 g/mol. The Hall–Kier alpha value is -4.30. The van der Waals surface area contributed by atoms with Gasteiger partial charge in [0.2, 0.25) is 5.91 Å². The smallest absolute Gasteiger partial charge is 0.246 e. The Labute approximate surface area is 211 Å². The highest BCUT2D eigenvalue weighted by molar-refractivity contribution is 5.93. The maximum absolute atomic E-state index is 15.2. The van der Waals surface area contributed by atoms with Crippen molar-refractivity contribution in [2.75, 3.05) is 26.0 Å². The number of ether oxygens (including phenoxy) is 1. The molecule has 0 saturated carbocycles. The number of nitrogen functional groups attached to an aromatic ring is 1. The average Bonchev–Trinajstić information content (AvgIpc) is 3.54. The van der Waals surface area contributed by atoms with E-state index >= 15 is 4.39 Å². The molecular formula is C26H25F2N7O2. The molecule has 1 aromatic carbocycles. The summed E-state index contributed by atoms with van der Waals surface area (Å²) in [4.78, 5) is 22.5. The van der Waals surface area contributed by atoms with Gasteiger partial charge in [-0.3, -0.25) is 9.48 Å². The number of imidazole rings is 1. The van der Waals surface area contributed by atoms with Gasteiger partial charge >= 0.3 is 0 Å². The van der Waals surface area contributed by atoms with Crippen molar-refractivity contribution >= 4 is 33.7 Å². The third-order valence-corrected chi connectivity index (χ3v) is 6.80. The minimum atomic E-state index is -0.835. The van der Waals surface area contributed by atoms with Gasteiger partial charge in [0.15, 0.2) is 5.82 Å². The topological polar surface area (TPSA) is 104 Å². The first-order chi connectivity index (χ1) is 17.7. The SMILES string of the molecule is C=CC(=O)N1C[C@@H](n2nc(C#Cc3c(F)cc4c(nc(C)n4C)c3F)c3c(N)nccc32)C[C@@H]1COC. The van der Waals surface area contributed by atoms with E-state index in [1.54, 1.807) is 47.5 Å².